The number of hydrogen-bond acceptors (Lipinski definition) is 4. The molecule has 0 saturated carbocycles. The number of nitrogens with one attached hydrogen (secondary N) is 1. The highest BCUT2D eigenvalue weighted by molar-refractivity contribution is 6.30. The van der Waals surface area contributed by atoms with Gasteiger partial charge in [-0.2, -0.15) is 0 Å². The number of rotatable bonds is 5. The Labute approximate surface area is 120 Å². The number of anilines is 1. The van der Waals surface area contributed by atoms with E-state index in [9.17, 15) is 5.11 Å². The van der Waals surface area contributed by atoms with Gasteiger partial charge in [0.15, 0.2) is 0 Å². The van der Waals surface area contributed by atoms with E-state index in [1.54, 1.807) is 0 Å². The first kappa shape index (κ1) is 14.6. The molecule has 2 N–H and O–H groups in total. The summed E-state index contributed by atoms with van der Waals surface area (Å²) in [6.07, 6.45) is -0.285. The summed E-state index contributed by atoms with van der Waals surface area (Å²) in [5.41, 5.74) is 1.22. The molecule has 2 rings (SSSR count). The third-order valence-electron chi connectivity index (χ3n) is 3.47. The molecule has 0 spiro atoms. The van der Waals surface area contributed by atoms with Crippen LogP contribution in [0.3, 0.4) is 0 Å². The number of halogens is 1. The topological polar surface area (TPSA) is 38.7 Å². The second kappa shape index (κ2) is 7.10. The Bertz CT molecular complexity index is 377. The monoisotopic (exact) mass is 283 g/mol. The van der Waals surface area contributed by atoms with Crippen molar-refractivity contribution < 1.29 is 5.11 Å². The van der Waals surface area contributed by atoms with Crippen molar-refractivity contribution in [1.82, 2.24) is 10.2 Å². The normalized spacial score (nSPS) is 18.6. The number of piperazine rings is 1. The fourth-order valence-electron chi connectivity index (χ4n) is 2.44. The number of benzene rings is 1. The molecule has 19 heavy (non-hydrogen) atoms. The van der Waals surface area contributed by atoms with Crippen molar-refractivity contribution in [2.45, 2.75) is 6.10 Å². The summed E-state index contributed by atoms with van der Waals surface area (Å²) in [4.78, 5) is 4.67. The molecular formula is C14H22ClN3O. The largest absolute Gasteiger partial charge is 0.390 e. The lowest BCUT2D eigenvalue weighted by atomic mass is 10.2. The summed E-state index contributed by atoms with van der Waals surface area (Å²) in [6, 6.07) is 7.99. The van der Waals surface area contributed by atoms with Gasteiger partial charge in [-0.1, -0.05) is 11.6 Å². The first-order chi connectivity index (χ1) is 9.19. The van der Waals surface area contributed by atoms with Gasteiger partial charge in [0, 0.05) is 50.0 Å². The molecule has 1 atom stereocenters. The van der Waals surface area contributed by atoms with Gasteiger partial charge in [0.1, 0.15) is 0 Å². The Kier molecular flexibility index (Phi) is 5.45. The molecule has 1 aliphatic rings. The zero-order valence-corrected chi connectivity index (χ0v) is 12.1. The summed E-state index contributed by atoms with van der Waals surface area (Å²) in [5.74, 6) is 0. The molecule has 0 radical (unpaired) electrons. The molecule has 0 aromatic heterocycles. The van der Waals surface area contributed by atoms with Crippen LogP contribution in [0.4, 0.5) is 5.69 Å². The van der Waals surface area contributed by atoms with E-state index in [0.717, 1.165) is 37.7 Å². The Morgan fingerprint density at radius 1 is 1.21 bits per heavy atom. The second-order valence-corrected chi connectivity index (χ2v) is 5.41. The molecule has 0 bridgehead atoms. The summed E-state index contributed by atoms with van der Waals surface area (Å²) in [7, 11) is 1.86. The second-order valence-electron chi connectivity index (χ2n) is 4.98. The fourth-order valence-corrected chi connectivity index (χ4v) is 2.56. The molecule has 0 aliphatic carbocycles. The highest BCUT2D eigenvalue weighted by Crippen LogP contribution is 2.19. The third-order valence-corrected chi connectivity index (χ3v) is 3.72. The van der Waals surface area contributed by atoms with Crippen molar-refractivity contribution >= 4 is 17.3 Å². The molecule has 1 heterocycles. The maximum absolute atomic E-state index is 9.78. The van der Waals surface area contributed by atoms with E-state index in [-0.39, 0.29) is 6.10 Å². The number of aliphatic hydroxyl groups is 1. The van der Waals surface area contributed by atoms with Crippen LogP contribution in [0.15, 0.2) is 24.3 Å². The van der Waals surface area contributed by atoms with Crippen LogP contribution in [0, 0.1) is 0 Å². The van der Waals surface area contributed by atoms with Crippen molar-refractivity contribution in [2.75, 3.05) is 51.2 Å². The van der Waals surface area contributed by atoms with Crippen LogP contribution in [0.1, 0.15) is 0 Å². The molecule has 1 aliphatic heterocycles. The van der Waals surface area contributed by atoms with Crippen molar-refractivity contribution in [1.29, 1.82) is 0 Å². The van der Waals surface area contributed by atoms with Gasteiger partial charge in [0.2, 0.25) is 0 Å². The molecule has 106 valence electrons. The smallest absolute Gasteiger partial charge is 0.0791 e. The van der Waals surface area contributed by atoms with Crippen LogP contribution in [0.2, 0.25) is 5.02 Å². The summed E-state index contributed by atoms with van der Waals surface area (Å²) >= 11 is 5.90. The fraction of sp³-hybridized carbons (Fsp3) is 0.571. The molecule has 1 fully saturated rings. The van der Waals surface area contributed by atoms with Gasteiger partial charge in [-0.3, -0.25) is 4.90 Å². The summed E-state index contributed by atoms with van der Waals surface area (Å²) in [6.45, 7) is 5.36. The lowest BCUT2D eigenvalue weighted by Crippen LogP contribution is -2.49. The molecular weight excluding hydrogens is 262 g/mol. The number of hydrogen-bond donors (Lipinski definition) is 2. The average Bonchev–Trinajstić information content (AvgIpc) is 2.41. The summed E-state index contributed by atoms with van der Waals surface area (Å²) in [5, 5.41) is 13.6. The van der Waals surface area contributed by atoms with Crippen LogP contribution in [0.25, 0.3) is 0 Å². The van der Waals surface area contributed by atoms with Gasteiger partial charge in [0.05, 0.1) is 6.10 Å². The SMILES string of the molecule is CNCC(O)CN1CCN(c2ccc(Cl)cc2)CC1. The number of aliphatic hydroxyl groups excluding tert-OH is 1. The van der Waals surface area contributed by atoms with Gasteiger partial charge >= 0.3 is 0 Å². The molecule has 0 amide bonds. The molecule has 5 heteroatoms. The van der Waals surface area contributed by atoms with Crippen molar-refractivity contribution in [3.05, 3.63) is 29.3 Å². The van der Waals surface area contributed by atoms with Gasteiger partial charge in [0.25, 0.3) is 0 Å². The maximum Gasteiger partial charge on any atom is 0.0791 e. The van der Waals surface area contributed by atoms with Crippen molar-refractivity contribution in [3.63, 3.8) is 0 Å². The van der Waals surface area contributed by atoms with Crippen molar-refractivity contribution in [3.8, 4) is 0 Å². The quantitative estimate of drug-likeness (QED) is 0.847. The van der Waals surface area contributed by atoms with E-state index < -0.39 is 0 Å². The lowest BCUT2D eigenvalue weighted by molar-refractivity contribution is 0.109. The van der Waals surface area contributed by atoms with E-state index in [1.165, 1.54) is 5.69 Å². The van der Waals surface area contributed by atoms with E-state index >= 15 is 0 Å². The Hall–Kier alpha value is -0.810. The summed E-state index contributed by atoms with van der Waals surface area (Å²) < 4.78 is 0. The third kappa shape index (κ3) is 4.35. The van der Waals surface area contributed by atoms with Gasteiger partial charge in [-0.15, -0.1) is 0 Å². The minimum absolute atomic E-state index is 0.285. The van der Waals surface area contributed by atoms with Gasteiger partial charge < -0.3 is 15.3 Å². The maximum atomic E-state index is 9.78. The molecule has 1 aromatic rings. The number of β-amino-alcohol motifs (C(OH)–C–C–N with tert-alkyl or cyclic N) is 1. The highest BCUT2D eigenvalue weighted by Gasteiger charge is 2.19. The van der Waals surface area contributed by atoms with E-state index in [0.29, 0.717) is 6.54 Å². The first-order valence-corrected chi connectivity index (χ1v) is 7.12. The first-order valence-electron chi connectivity index (χ1n) is 6.74. The standard InChI is InChI=1S/C14H22ClN3O/c1-16-10-14(19)11-17-6-8-18(9-7-17)13-4-2-12(15)3-5-13/h2-5,14,16,19H,6-11H2,1H3. The van der Waals surface area contributed by atoms with E-state index in [2.05, 4.69) is 27.2 Å². The highest BCUT2D eigenvalue weighted by atomic mass is 35.5. The lowest BCUT2D eigenvalue weighted by Gasteiger charge is -2.36. The Morgan fingerprint density at radius 3 is 2.42 bits per heavy atom. The number of likely N-dealkylation sites (N-methyl/N-ethyl adjacent to an activating group) is 1. The van der Waals surface area contributed by atoms with Crippen LogP contribution < -0.4 is 10.2 Å². The van der Waals surface area contributed by atoms with Crippen LogP contribution >= 0.6 is 11.6 Å². The van der Waals surface area contributed by atoms with E-state index in [1.807, 2.05) is 19.2 Å². The molecule has 1 saturated heterocycles. The minimum atomic E-state index is -0.285. The molecule has 4 nitrogen and oxygen atoms in total. The van der Waals surface area contributed by atoms with Gasteiger partial charge in [-0.05, 0) is 31.3 Å². The average molecular weight is 284 g/mol. The Morgan fingerprint density at radius 2 is 1.84 bits per heavy atom. The predicted octanol–water partition coefficient (Wildman–Crippen LogP) is 1.04. The van der Waals surface area contributed by atoms with Crippen molar-refractivity contribution in [2.24, 2.45) is 0 Å². The predicted molar refractivity (Wildman–Crippen MR) is 80.0 cm³/mol. The minimum Gasteiger partial charge on any atom is -0.390 e. The van der Waals surface area contributed by atoms with Crippen LogP contribution in [0.5, 0.6) is 0 Å². The van der Waals surface area contributed by atoms with Crippen LogP contribution in [-0.4, -0.2) is 62.4 Å². The zero-order chi connectivity index (χ0) is 13.7. The molecule has 1 unspecified atom stereocenters. The zero-order valence-electron chi connectivity index (χ0n) is 11.3. The molecule has 1 aromatic carbocycles. The van der Waals surface area contributed by atoms with Crippen LogP contribution in [-0.2, 0) is 0 Å². The van der Waals surface area contributed by atoms with E-state index in [4.69, 9.17) is 11.6 Å². The number of nitrogens with zero attached hydrogens (tertiary/aromatic N) is 2. The van der Waals surface area contributed by atoms with Gasteiger partial charge in [-0.25, -0.2) is 0 Å². The Balaban J connectivity index is 1.80.